The first kappa shape index (κ1) is 24.1. The molecule has 1 unspecified atom stereocenters. The minimum Gasteiger partial charge on any atom is -0.616 e. The number of β-amino-alcohol motifs (C(OH)–C–C–N with tert-alkyl or cyclic N) is 1. The third-order valence-corrected chi connectivity index (χ3v) is 8.13. The summed E-state index contributed by atoms with van der Waals surface area (Å²) in [6.07, 6.45) is -4.36. The van der Waals surface area contributed by atoms with E-state index in [0.717, 1.165) is 12.1 Å². The van der Waals surface area contributed by atoms with Crippen molar-refractivity contribution in [1.29, 1.82) is 0 Å². The first-order valence-corrected chi connectivity index (χ1v) is 12.7. The average Bonchev–Trinajstić information content (AvgIpc) is 3.37. The highest BCUT2D eigenvalue weighted by Crippen LogP contribution is 2.34. The van der Waals surface area contributed by atoms with Crippen molar-refractivity contribution in [2.45, 2.75) is 49.5 Å². The molecule has 1 saturated heterocycles. The van der Waals surface area contributed by atoms with Gasteiger partial charge in [-0.1, -0.05) is 17.2 Å². The van der Waals surface area contributed by atoms with Gasteiger partial charge in [0.15, 0.2) is 5.65 Å². The highest BCUT2D eigenvalue weighted by atomic mass is 32.2. The van der Waals surface area contributed by atoms with E-state index in [4.69, 9.17) is 0 Å². The topological polar surface area (TPSA) is 102 Å². The Morgan fingerprint density at radius 3 is 2.66 bits per heavy atom. The minimum absolute atomic E-state index is 0.0104. The molecule has 3 aromatic rings. The Morgan fingerprint density at radius 1 is 1.23 bits per heavy atom. The van der Waals surface area contributed by atoms with Crippen LogP contribution in [0.1, 0.15) is 25.3 Å². The molecule has 0 spiro atoms. The molecular formula is C22H24F4N6O2S. The zero-order chi connectivity index (χ0) is 24.9. The fourth-order valence-electron chi connectivity index (χ4n) is 4.44. The number of nitrogens with zero attached hydrogens (tertiary/aromatic N) is 5. The number of rotatable bonds is 6. The number of benzene rings is 1. The van der Waals surface area contributed by atoms with Crippen molar-refractivity contribution < 1.29 is 27.2 Å². The minimum atomic E-state index is -4.52. The van der Waals surface area contributed by atoms with Gasteiger partial charge in [0.05, 0.1) is 29.4 Å². The van der Waals surface area contributed by atoms with Crippen LogP contribution in [0.15, 0.2) is 30.5 Å². The number of aliphatic hydroxyl groups excluding tert-OH is 1. The molecule has 1 aliphatic heterocycles. The lowest BCUT2D eigenvalue weighted by molar-refractivity contribution is -0.137. The first-order valence-electron chi connectivity index (χ1n) is 11.3. The van der Waals surface area contributed by atoms with Crippen molar-refractivity contribution in [3.8, 4) is 5.69 Å². The van der Waals surface area contributed by atoms with Crippen LogP contribution in [0.25, 0.3) is 16.7 Å². The molecule has 35 heavy (non-hydrogen) atoms. The van der Waals surface area contributed by atoms with Crippen molar-refractivity contribution in [3.63, 3.8) is 0 Å². The third-order valence-electron chi connectivity index (χ3n) is 6.43. The molecular weight excluding hydrogens is 488 g/mol. The van der Waals surface area contributed by atoms with Crippen molar-refractivity contribution in [2.24, 2.45) is 0 Å². The summed E-state index contributed by atoms with van der Waals surface area (Å²) in [6, 6.07) is 4.73. The maximum absolute atomic E-state index is 14.1. The summed E-state index contributed by atoms with van der Waals surface area (Å²) in [5.74, 6) is 1.13. The van der Waals surface area contributed by atoms with Gasteiger partial charge in [0, 0.05) is 25.4 Å². The standard InChI is InChI=1S/C22H24F4N6O2S/c1-2-35(34)15-7-13(8-15)28-21-29-19(31-10-17(23)18(33)11-31)16-9-27-32(20(16)30-21)14-5-3-4-12(6-14)22(24,25)26/h3-6,9,13,15,17-18,33H,2,7-8,10-11H2,1H3,(H,28,29,30)/t13-,15-,17-,18-,35?/m0/s1. The van der Waals surface area contributed by atoms with E-state index in [1.807, 2.05) is 6.92 Å². The van der Waals surface area contributed by atoms with Gasteiger partial charge >= 0.3 is 6.18 Å². The highest BCUT2D eigenvalue weighted by molar-refractivity contribution is 7.92. The van der Waals surface area contributed by atoms with Crippen LogP contribution in [0.5, 0.6) is 0 Å². The Bertz CT molecular complexity index is 1210. The molecule has 2 fully saturated rings. The largest absolute Gasteiger partial charge is 0.616 e. The number of hydrogen-bond donors (Lipinski definition) is 2. The van der Waals surface area contributed by atoms with Crippen LogP contribution in [0.3, 0.4) is 0 Å². The number of alkyl halides is 4. The third kappa shape index (κ3) is 4.64. The lowest BCUT2D eigenvalue weighted by Gasteiger charge is -2.36. The summed E-state index contributed by atoms with van der Waals surface area (Å²) in [5.41, 5.74) is -0.405. The molecule has 2 N–H and O–H groups in total. The van der Waals surface area contributed by atoms with Crippen molar-refractivity contribution in [3.05, 3.63) is 36.0 Å². The molecule has 0 bridgehead atoms. The highest BCUT2D eigenvalue weighted by Gasteiger charge is 2.38. The molecule has 3 atom stereocenters. The molecule has 2 aliphatic rings. The summed E-state index contributed by atoms with van der Waals surface area (Å²) < 4.78 is 67.2. The number of aliphatic hydroxyl groups is 1. The lowest BCUT2D eigenvalue weighted by atomic mass is 9.92. The second-order valence-corrected chi connectivity index (χ2v) is 10.8. The van der Waals surface area contributed by atoms with Gasteiger partial charge in [0.2, 0.25) is 5.95 Å². The van der Waals surface area contributed by atoms with Gasteiger partial charge in [-0.05, 0) is 25.1 Å². The van der Waals surface area contributed by atoms with Gasteiger partial charge in [-0.2, -0.15) is 28.2 Å². The predicted octanol–water partition coefficient (Wildman–Crippen LogP) is 3.06. The summed E-state index contributed by atoms with van der Waals surface area (Å²) in [4.78, 5) is 10.6. The molecule has 5 rings (SSSR count). The maximum atomic E-state index is 14.1. The van der Waals surface area contributed by atoms with Gasteiger partial charge in [0.1, 0.15) is 29.1 Å². The van der Waals surface area contributed by atoms with Gasteiger partial charge < -0.3 is 19.9 Å². The molecule has 1 saturated carbocycles. The van der Waals surface area contributed by atoms with Crippen molar-refractivity contribution in [2.75, 3.05) is 29.1 Å². The van der Waals surface area contributed by atoms with E-state index in [-0.39, 0.29) is 41.7 Å². The molecule has 1 aromatic carbocycles. The van der Waals surface area contributed by atoms with E-state index >= 15 is 0 Å². The molecule has 3 heterocycles. The summed E-state index contributed by atoms with van der Waals surface area (Å²) in [6.45, 7) is 1.81. The van der Waals surface area contributed by atoms with E-state index in [9.17, 15) is 27.2 Å². The summed E-state index contributed by atoms with van der Waals surface area (Å²) in [5, 5.41) is 17.9. The SMILES string of the molecule is CC[S+]([O-])[C@H]1C[C@H](Nc2nc(N3C[C@H](O)[C@@H](F)C3)c3cnn(-c4cccc(C(F)(F)F)c4)c3n2)C1. The predicted molar refractivity (Wildman–Crippen MR) is 124 cm³/mol. The number of halogens is 4. The molecule has 188 valence electrons. The van der Waals surface area contributed by atoms with Gasteiger partial charge in [0.25, 0.3) is 0 Å². The average molecular weight is 513 g/mol. The van der Waals surface area contributed by atoms with E-state index in [2.05, 4.69) is 20.4 Å². The summed E-state index contributed by atoms with van der Waals surface area (Å²) >= 11 is -0.897. The Balaban J connectivity index is 1.53. The quantitative estimate of drug-likeness (QED) is 0.387. The van der Waals surface area contributed by atoms with Crippen LogP contribution in [-0.2, 0) is 17.4 Å². The zero-order valence-corrected chi connectivity index (χ0v) is 19.6. The van der Waals surface area contributed by atoms with Crippen LogP contribution in [0.4, 0.5) is 29.3 Å². The number of anilines is 2. The normalized spacial score (nSPS) is 25.6. The molecule has 1 aliphatic carbocycles. The second-order valence-electron chi connectivity index (χ2n) is 8.80. The summed E-state index contributed by atoms with van der Waals surface area (Å²) in [7, 11) is 0. The molecule has 0 amide bonds. The monoisotopic (exact) mass is 512 g/mol. The maximum Gasteiger partial charge on any atom is 0.416 e. The van der Waals surface area contributed by atoms with E-state index in [1.165, 1.54) is 23.0 Å². The first-order chi connectivity index (χ1) is 16.6. The van der Waals surface area contributed by atoms with Crippen molar-refractivity contribution in [1.82, 2.24) is 19.7 Å². The van der Waals surface area contributed by atoms with Crippen LogP contribution >= 0.6 is 0 Å². The fraction of sp³-hybridized carbons (Fsp3) is 0.500. The molecule has 8 nitrogen and oxygen atoms in total. The zero-order valence-electron chi connectivity index (χ0n) is 18.7. The van der Waals surface area contributed by atoms with E-state index < -0.39 is 35.2 Å². The van der Waals surface area contributed by atoms with Crippen LogP contribution in [0, 0.1) is 0 Å². The van der Waals surface area contributed by atoms with E-state index in [1.54, 1.807) is 4.90 Å². The molecule has 13 heteroatoms. The van der Waals surface area contributed by atoms with Crippen LogP contribution in [-0.4, -0.2) is 71.8 Å². The van der Waals surface area contributed by atoms with Gasteiger partial charge in [-0.3, -0.25) is 0 Å². The van der Waals surface area contributed by atoms with Crippen LogP contribution < -0.4 is 10.2 Å². The molecule has 0 radical (unpaired) electrons. The number of fused-ring (bicyclic) bond motifs is 1. The Labute approximate surface area is 201 Å². The molecule has 2 aromatic heterocycles. The fourth-order valence-corrected chi connectivity index (χ4v) is 5.80. The second kappa shape index (κ2) is 9.10. The van der Waals surface area contributed by atoms with Crippen LogP contribution in [0.2, 0.25) is 0 Å². The number of nitrogens with one attached hydrogen (secondary N) is 1. The number of hydrogen-bond acceptors (Lipinski definition) is 7. The lowest BCUT2D eigenvalue weighted by Crippen LogP contribution is -2.44. The van der Waals surface area contributed by atoms with Gasteiger partial charge in [-0.25, -0.2) is 9.07 Å². The van der Waals surface area contributed by atoms with Crippen molar-refractivity contribution >= 4 is 34.0 Å². The van der Waals surface area contributed by atoms with Gasteiger partial charge in [-0.15, -0.1) is 0 Å². The Kier molecular flexibility index (Phi) is 6.26. The van der Waals surface area contributed by atoms with E-state index in [0.29, 0.717) is 29.8 Å². The smallest absolute Gasteiger partial charge is 0.416 e. The Morgan fingerprint density at radius 2 is 2.00 bits per heavy atom. The Hall–Kier alpha value is -2.64. The number of aromatic nitrogens is 4.